The third-order valence-corrected chi connectivity index (χ3v) is 5.42. The molecule has 3 N–H and O–H groups in total. The zero-order valence-electron chi connectivity index (χ0n) is 15.9. The normalized spacial score (nSPS) is 16.9. The van der Waals surface area contributed by atoms with Crippen molar-refractivity contribution in [3.05, 3.63) is 29.8 Å². The van der Waals surface area contributed by atoms with Crippen LogP contribution in [0.15, 0.2) is 24.3 Å². The molecule has 0 unspecified atom stereocenters. The topological polar surface area (TPSA) is 64.3 Å². The minimum atomic E-state index is -0.211. The first-order chi connectivity index (χ1) is 12.1. The molecule has 0 aliphatic heterocycles. The minimum absolute atomic E-state index is 0.211. The Kier molecular flexibility index (Phi) is 7.76. The van der Waals surface area contributed by atoms with Crippen molar-refractivity contribution in [3.8, 4) is 5.75 Å². The fourth-order valence-electron chi connectivity index (χ4n) is 3.92. The minimum Gasteiger partial charge on any atom is -0.494 e. The van der Waals surface area contributed by atoms with E-state index in [0.717, 1.165) is 25.3 Å². The standard InChI is InChI=1S/C21H34N2O2/c1-3-25-19-9-7-18(8-10-19)21(12-5-13-21)16-17(2)11-15-23-14-4-6-20(22)24/h7-10,17,23H,3-6,11-16H2,1-2H3,(H2,22,24)/t17-/m1/s1. The second-order valence-corrected chi connectivity index (χ2v) is 7.51. The molecular formula is C21H34N2O2. The van der Waals surface area contributed by atoms with E-state index in [-0.39, 0.29) is 5.91 Å². The molecule has 0 heterocycles. The first-order valence-corrected chi connectivity index (χ1v) is 9.78. The third kappa shape index (κ3) is 6.03. The molecule has 1 saturated carbocycles. The van der Waals surface area contributed by atoms with E-state index >= 15 is 0 Å². The smallest absolute Gasteiger partial charge is 0.217 e. The first-order valence-electron chi connectivity index (χ1n) is 9.78. The Morgan fingerprint density at radius 3 is 2.56 bits per heavy atom. The summed E-state index contributed by atoms with van der Waals surface area (Å²) in [5.41, 5.74) is 7.00. The van der Waals surface area contributed by atoms with Crippen LogP contribution in [0, 0.1) is 5.92 Å². The number of carbonyl (C=O) groups is 1. The highest BCUT2D eigenvalue weighted by molar-refractivity contribution is 5.73. The van der Waals surface area contributed by atoms with Crippen LogP contribution in [-0.4, -0.2) is 25.6 Å². The molecule has 2 rings (SSSR count). The average Bonchev–Trinajstić information content (AvgIpc) is 2.55. The van der Waals surface area contributed by atoms with Gasteiger partial charge in [0.05, 0.1) is 6.61 Å². The number of nitrogens with two attached hydrogens (primary N) is 1. The van der Waals surface area contributed by atoms with Crippen LogP contribution in [0.25, 0.3) is 0 Å². The van der Waals surface area contributed by atoms with E-state index in [2.05, 4.69) is 36.5 Å². The molecule has 4 heteroatoms. The van der Waals surface area contributed by atoms with Gasteiger partial charge in [0.2, 0.25) is 5.91 Å². The Labute approximate surface area is 152 Å². The molecule has 1 aromatic carbocycles. The van der Waals surface area contributed by atoms with Gasteiger partial charge in [0, 0.05) is 6.42 Å². The third-order valence-electron chi connectivity index (χ3n) is 5.42. The summed E-state index contributed by atoms with van der Waals surface area (Å²) < 4.78 is 5.57. The van der Waals surface area contributed by atoms with Crippen molar-refractivity contribution in [2.24, 2.45) is 11.7 Å². The number of hydrogen-bond donors (Lipinski definition) is 2. The molecule has 0 spiro atoms. The maximum Gasteiger partial charge on any atom is 0.217 e. The maximum absolute atomic E-state index is 10.7. The van der Waals surface area contributed by atoms with Crippen molar-refractivity contribution >= 4 is 5.91 Å². The molecule has 4 nitrogen and oxygen atoms in total. The summed E-state index contributed by atoms with van der Waals surface area (Å²) in [4.78, 5) is 10.7. The number of hydrogen-bond acceptors (Lipinski definition) is 3. The Hall–Kier alpha value is -1.55. The van der Waals surface area contributed by atoms with Gasteiger partial charge in [0.15, 0.2) is 0 Å². The Balaban J connectivity index is 1.77. The summed E-state index contributed by atoms with van der Waals surface area (Å²) in [6, 6.07) is 8.76. The van der Waals surface area contributed by atoms with E-state index in [1.165, 1.54) is 37.7 Å². The van der Waals surface area contributed by atoms with E-state index in [1.807, 2.05) is 6.92 Å². The van der Waals surface area contributed by atoms with Gasteiger partial charge >= 0.3 is 0 Å². The van der Waals surface area contributed by atoms with Crippen molar-refractivity contribution in [1.82, 2.24) is 5.32 Å². The summed E-state index contributed by atoms with van der Waals surface area (Å²) >= 11 is 0. The van der Waals surface area contributed by atoms with Crippen LogP contribution < -0.4 is 15.8 Å². The van der Waals surface area contributed by atoms with E-state index < -0.39 is 0 Å². The van der Waals surface area contributed by atoms with Crippen molar-refractivity contribution in [2.75, 3.05) is 19.7 Å². The molecule has 1 fully saturated rings. The molecule has 1 aliphatic rings. The van der Waals surface area contributed by atoms with Crippen LogP contribution >= 0.6 is 0 Å². The van der Waals surface area contributed by atoms with Crippen molar-refractivity contribution in [3.63, 3.8) is 0 Å². The molecule has 0 aromatic heterocycles. The van der Waals surface area contributed by atoms with Crippen LogP contribution in [-0.2, 0) is 10.2 Å². The Morgan fingerprint density at radius 1 is 1.28 bits per heavy atom. The summed E-state index contributed by atoms with van der Waals surface area (Å²) in [5, 5.41) is 3.43. The SMILES string of the molecule is CCOc1ccc(C2(C[C@H](C)CCNCCCC(N)=O)CCC2)cc1. The second-order valence-electron chi connectivity index (χ2n) is 7.51. The number of amides is 1. The van der Waals surface area contributed by atoms with E-state index in [1.54, 1.807) is 0 Å². The highest BCUT2D eigenvalue weighted by Gasteiger charge is 2.39. The number of rotatable bonds is 12. The van der Waals surface area contributed by atoms with Gasteiger partial charge < -0.3 is 15.8 Å². The van der Waals surface area contributed by atoms with Crippen LogP contribution in [0.2, 0.25) is 0 Å². The quantitative estimate of drug-likeness (QED) is 0.566. The zero-order chi connectivity index (χ0) is 18.1. The molecule has 0 bridgehead atoms. The molecule has 1 amide bonds. The van der Waals surface area contributed by atoms with Gasteiger partial charge in [0.25, 0.3) is 0 Å². The second kappa shape index (κ2) is 9.81. The lowest BCUT2D eigenvalue weighted by Crippen LogP contribution is -2.36. The van der Waals surface area contributed by atoms with Crippen LogP contribution in [0.3, 0.4) is 0 Å². The molecule has 1 atom stereocenters. The molecular weight excluding hydrogens is 312 g/mol. The molecule has 1 aliphatic carbocycles. The Morgan fingerprint density at radius 2 is 2.00 bits per heavy atom. The van der Waals surface area contributed by atoms with Gasteiger partial charge in [0.1, 0.15) is 5.75 Å². The maximum atomic E-state index is 10.7. The number of benzene rings is 1. The number of nitrogens with one attached hydrogen (secondary N) is 1. The number of ether oxygens (including phenoxy) is 1. The number of primary amides is 1. The molecule has 1 aromatic rings. The molecule has 25 heavy (non-hydrogen) atoms. The molecule has 140 valence electrons. The van der Waals surface area contributed by atoms with Gasteiger partial charge in [-0.25, -0.2) is 0 Å². The molecule has 0 radical (unpaired) electrons. The van der Waals surface area contributed by atoms with E-state index in [4.69, 9.17) is 10.5 Å². The lowest BCUT2D eigenvalue weighted by molar-refractivity contribution is -0.118. The zero-order valence-corrected chi connectivity index (χ0v) is 15.9. The first kappa shape index (κ1) is 19.8. The van der Waals surface area contributed by atoms with Gasteiger partial charge in [-0.1, -0.05) is 25.5 Å². The van der Waals surface area contributed by atoms with Crippen LogP contribution in [0.4, 0.5) is 0 Å². The van der Waals surface area contributed by atoms with Crippen molar-refractivity contribution < 1.29 is 9.53 Å². The summed E-state index contributed by atoms with van der Waals surface area (Å²) in [5.74, 6) is 1.45. The van der Waals surface area contributed by atoms with Crippen molar-refractivity contribution in [2.45, 2.75) is 64.2 Å². The monoisotopic (exact) mass is 346 g/mol. The largest absolute Gasteiger partial charge is 0.494 e. The highest BCUT2D eigenvalue weighted by atomic mass is 16.5. The lowest BCUT2D eigenvalue weighted by atomic mass is 9.60. The summed E-state index contributed by atoms with van der Waals surface area (Å²) in [6.45, 7) is 6.98. The fraction of sp³-hybridized carbons (Fsp3) is 0.667. The van der Waals surface area contributed by atoms with Crippen LogP contribution in [0.1, 0.15) is 64.4 Å². The van der Waals surface area contributed by atoms with Crippen molar-refractivity contribution in [1.29, 1.82) is 0 Å². The van der Waals surface area contributed by atoms with Gasteiger partial charge in [-0.3, -0.25) is 4.79 Å². The highest BCUT2D eigenvalue weighted by Crippen LogP contribution is 2.48. The predicted octanol–water partition coefficient (Wildman–Crippen LogP) is 3.78. The van der Waals surface area contributed by atoms with E-state index in [9.17, 15) is 4.79 Å². The summed E-state index contributed by atoms with van der Waals surface area (Å²) in [6.07, 6.45) is 7.68. The number of carbonyl (C=O) groups excluding carboxylic acids is 1. The van der Waals surface area contributed by atoms with E-state index in [0.29, 0.717) is 24.4 Å². The summed E-state index contributed by atoms with van der Waals surface area (Å²) in [7, 11) is 0. The molecule has 0 saturated heterocycles. The Bertz CT molecular complexity index is 523. The van der Waals surface area contributed by atoms with Gasteiger partial charge in [-0.2, -0.15) is 0 Å². The van der Waals surface area contributed by atoms with Gasteiger partial charge in [-0.15, -0.1) is 0 Å². The lowest BCUT2D eigenvalue weighted by Gasteiger charge is -2.44. The van der Waals surface area contributed by atoms with Gasteiger partial charge in [-0.05, 0) is 81.1 Å². The average molecular weight is 347 g/mol. The van der Waals surface area contributed by atoms with Crippen LogP contribution in [0.5, 0.6) is 5.75 Å². The predicted molar refractivity (Wildman–Crippen MR) is 103 cm³/mol. The fourth-order valence-corrected chi connectivity index (χ4v) is 3.92.